The molecule has 98 valence electrons. The lowest BCUT2D eigenvalue weighted by atomic mass is 10.1. The second kappa shape index (κ2) is 6.50. The zero-order chi connectivity index (χ0) is 13.6. The Morgan fingerprint density at radius 1 is 1.44 bits per heavy atom. The van der Waals surface area contributed by atoms with Gasteiger partial charge in [0.15, 0.2) is 0 Å². The lowest BCUT2D eigenvalue weighted by molar-refractivity contribution is 0.567. The monoisotopic (exact) mass is 267 g/mol. The van der Waals surface area contributed by atoms with Crippen molar-refractivity contribution in [2.75, 3.05) is 19.3 Å². The summed E-state index contributed by atoms with van der Waals surface area (Å²) in [7, 11) is -1.78. The molecule has 0 saturated carbocycles. The van der Waals surface area contributed by atoms with Crippen molar-refractivity contribution in [1.29, 1.82) is 5.26 Å². The first-order valence-electron chi connectivity index (χ1n) is 5.63. The fourth-order valence-corrected chi connectivity index (χ4v) is 2.10. The molecule has 6 heteroatoms. The van der Waals surface area contributed by atoms with Gasteiger partial charge in [-0.1, -0.05) is 12.1 Å². The molecular formula is C12H17N3O2S. The van der Waals surface area contributed by atoms with Crippen molar-refractivity contribution in [2.24, 2.45) is 0 Å². The fraction of sp³-hybridized carbons (Fsp3) is 0.417. The van der Waals surface area contributed by atoms with Crippen LogP contribution in [0, 0.1) is 11.3 Å². The molecule has 0 amide bonds. The Balaban J connectivity index is 2.56. The van der Waals surface area contributed by atoms with Crippen LogP contribution in [0.15, 0.2) is 24.3 Å². The first-order chi connectivity index (χ1) is 8.48. The van der Waals surface area contributed by atoms with Crippen LogP contribution < -0.4 is 10.0 Å². The minimum absolute atomic E-state index is 0.00496. The molecule has 0 aliphatic carbocycles. The molecule has 1 aromatic carbocycles. The quantitative estimate of drug-likeness (QED) is 0.797. The summed E-state index contributed by atoms with van der Waals surface area (Å²) in [6, 6.07) is 9.34. The molecule has 1 aromatic rings. The van der Waals surface area contributed by atoms with Crippen molar-refractivity contribution in [2.45, 2.75) is 13.0 Å². The van der Waals surface area contributed by atoms with Crippen molar-refractivity contribution in [3.63, 3.8) is 0 Å². The third-order valence-electron chi connectivity index (χ3n) is 2.65. The fourth-order valence-electron chi connectivity index (χ4n) is 1.51. The number of nitrogens with zero attached hydrogens (tertiary/aromatic N) is 1. The zero-order valence-corrected chi connectivity index (χ0v) is 11.3. The van der Waals surface area contributed by atoms with E-state index in [1.165, 1.54) is 7.05 Å². The Morgan fingerprint density at radius 2 is 2.17 bits per heavy atom. The molecule has 0 radical (unpaired) electrons. The second-order valence-electron chi connectivity index (χ2n) is 3.94. The van der Waals surface area contributed by atoms with Crippen LogP contribution in [0.2, 0.25) is 0 Å². The lowest BCUT2D eigenvalue weighted by Crippen LogP contribution is -2.30. The summed E-state index contributed by atoms with van der Waals surface area (Å²) in [5.41, 5.74) is 1.57. The molecule has 1 unspecified atom stereocenters. The first-order valence-corrected chi connectivity index (χ1v) is 7.28. The molecule has 1 rings (SSSR count). The van der Waals surface area contributed by atoms with Crippen molar-refractivity contribution in [1.82, 2.24) is 10.0 Å². The van der Waals surface area contributed by atoms with Gasteiger partial charge in [-0.25, -0.2) is 13.1 Å². The SMILES string of the molecule is CNS(=O)(=O)CCNC(C)c1cccc(C#N)c1. The zero-order valence-electron chi connectivity index (χ0n) is 10.5. The van der Waals surface area contributed by atoms with E-state index in [1.54, 1.807) is 12.1 Å². The van der Waals surface area contributed by atoms with Crippen LogP contribution in [0.4, 0.5) is 0 Å². The van der Waals surface area contributed by atoms with Gasteiger partial charge < -0.3 is 5.32 Å². The van der Waals surface area contributed by atoms with E-state index in [4.69, 9.17) is 5.26 Å². The van der Waals surface area contributed by atoms with Gasteiger partial charge in [-0.2, -0.15) is 5.26 Å². The van der Waals surface area contributed by atoms with Gasteiger partial charge in [-0.3, -0.25) is 0 Å². The largest absolute Gasteiger partial charge is 0.309 e. The summed E-state index contributed by atoms with van der Waals surface area (Å²) in [5.74, 6) is 0.0335. The Labute approximate surface area is 108 Å². The smallest absolute Gasteiger partial charge is 0.212 e. The van der Waals surface area contributed by atoms with Gasteiger partial charge in [0.25, 0.3) is 0 Å². The van der Waals surface area contributed by atoms with Crippen LogP contribution in [0.1, 0.15) is 24.1 Å². The number of rotatable bonds is 6. The van der Waals surface area contributed by atoms with Crippen molar-refractivity contribution in [3.05, 3.63) is 35.4 Å². The third-order valence-corrected chi connectivity index (χ3v) is 4.01. The van der Waals surface area contributed by atoms with E-state index in [9.17, 15) is 8.42 Å². The lowest BCUT2D eigenvalue weighted by Gasteiger charge is -2.14. The molecular weight excluding hydrogens is 250 g/mol. The average Bonchev–Trinajstić information content (AvgIpc) is 2.38. The third kappa shape index (κ3) is 4.45. The van der Waals surface area contributed by atoms with Crippen LogP contribution in [-0.2, 0) is 10.0 Å². The van der Waals surface area contributed by atoms with E-state index in [1.807, 2.05) is 19.1 Å². The molecule has 0 bridgehead atoms. The molecule has 1 atom stereocenters. The number of hydrogen-bond acceptors (Lipinski definition) is 4. The highest BCUT2D eigenvalue weighted by atomic mass is 32.2. The van der Waals surface area contributed by atoms with Crippen LogP contribution in [0.5, 0.6) is 0 Å². The predicted octanol–water partition coefficient (Wildman–Crippen LogP) is 0.758. The van der Waals surface area contributed by atoms with Gasteiger partial charge in [0.1, 0.15) is 0 Å². The summed E-state index contributed by atoms with van der Waals surface area (Å²) < 4.78 is 24.7. The highest BCUT2D eigenvalue weighted by Gasteiger charge is 2.09. The molecule has 2 N–H and O–H groups in total. The van der Waals surface area contributed by atoms with E-state index >= 15 is 0 Å². The summed E-state index contributed by atoms with van der Waals surface area (Å²) in [4.78, 5) is 0. The highest BCUT2D eigenvalue weighted by molar-refractivity contribution is 7.89. The normalized spacial score (nSPS) is 12.9. The number of sulfonamides is 1. The molecule has 0 fully saturated rings. The first kappa shape index (κ1) is 14.6. The summed E-state index contributed by atoms with van der Waals surface area (Å²) in [5, 5.41) is 11.9. The van der Waals surface area contributed by atoms with Crippen molar-refractivity contribution < 1.29 is 8.42 Å². The molecule has 0 heterocycles. The second-order valence-corrected chi connectivity index (χ2v) is 5.98. The molecule has 5 nitrogen and oxygen atoms in total. The average molecular weight is 267 g/mol. The van der Waals surface area contributed by atoms with Crippen LogP contribution in [-0.4, -0.2) is 27.8 Å². The molecule has 0 saturated heterocycles. The van der Waals surface area contributed by atoms with Gasteiger partial charge in [0.05, 0.1) is 17.4 Å². The van der Waals surface area contributed by atoms with Gasteiger partial charge in [0, 0.05) is 12.6 Å². The van der Waals surface area contributed by atoms with E-state index in [0.29, 0.717) is 12.1 Å². The number of benzene rings is 1. The summed E-state index contributed by atoms with van der Waals surface area (Å²) in [6.45, 7) is 2.30. The minimum atomic E-state index is -3.18. The standard InChI is InChI=1S/C12H17N3O2S/c1-10(15-6-7-18(16,17)14-2)12-5-3-4-11(8-12)9-13/h3-5,8,10,14-15H,6-7H2,1-2H3. The van der Waals surface area contributed by atoms with Gasteiger partial charge in [-0.05, 0) is 31.7 Å². The van der Waals surface area contributed by atoms with Gasteiger partial charge >= 0.3 is 0 Å². The Hall–Kier alpha value is -1.42. The van der Waals surface area contributed by atoms with Crippen molar-refractivity contribution >= 4 is 10.0 Å². The van der Waals surface area contributed by atoms with E-state index in [2.05, 4.69) is 16.1 Å². The van der Waals surface area contributed by atoms with E-state index in [-0.39, 0.29) is 11.8 Å². The minimum Gasteiger partial charge on any atom is -0.309 e. The van der Waals surface area contributed by atoms with Crippen molar-refractivity contribution in [3.8, 4) is 6.07 Å². The molecule has 0 aliphatic heterocycles. The summed E-state index contributed by atoms with van der Waals surface area (Å²) in [6.07, 6.45) is 0. The van der Waals surface area contributed by atoms with Crippen LogP contribution >= 0.6 is 0 Å². The van der Waals surface area contributed by atoms with Crippen LogP contribution in [0.25, 0.3) is 0 Å². The van der Waals surface area contributed by atoms with Gasteiger partial charge in [-0.15, -0.1) is 0 Å². The maximum Gasteiger partial charge on any atom is 0.212 e. The molecule has 18 heavy (non-hydrogen) atoms. The van der Waals surface area contributed by atoms with Crippen LogP contribution in [0.3, 0.4) is 0 Å². The Bertz CT molecular complexity index is 534. The maximum absolute atomic E-state index is 11.2. The predicted molar refractivity (Wildman–Crippen MR) is 70.4 cm³/mol. The highest BCUT2D eigenvalue weighted by Crippen LogP contribution is 2.13. The Kier molecular flexibility index (Phi) is 5.28. The van der Waals surface area contributed by atoms with E-state index in [0.717, 1.165) is 5.56 Å². The number of nitrogens with one attached hydrogen (secondary N) is 2. The topological polar surface area (TPSA) is 82.0 Å². The number of hydrogen-bond donors (Lipinski definition) is 2. The summed E-state index contributed by atoms with van der Waals surface area (Å²) >= 11 is 0. The Morgan fingerprint density at radius 3 is 2.78 bits per heavy atom. The van der Waals surface area contributed by atoms with E-state index < -0.39 is 10.0 Å². The molecule has 0 aromatic heterocycles. The molecule has 0 aliphatic rings. The molecule has 0 spiro atoms. The number of nitriles is 1. The maximum atomic E-state index is 11.2. The van der Waals surface area contributed by atoms with Gasteiger partial charge in [0.2, 0.25) is 10.0 Å².